The molecule has 0 spiro atoms. The Morgan fingerprint density at radius 3 is 2.00 bits per heavy atom. The van der Waals surface area contributed by atoms with Crippen LogP contribution in [0, 0.1) is 0 Å². The third kappa shape index (κ3) is 13.0. The van der Waals surface area contributed by atoms with Crippen molar-refractivity contribution < 1.29 is 37.2 Å². The molecule has 0 aliphatic carbocycles. The van der Waals surface area contributed by atoms with Gasteiger partial charge in [-0.1, -0.05) is 31.8 Å². The summed E-state index contributed by atoms with van der Waals surface area (Å²) in [5.74, 6) is -4.55. The second-order valence-electron chi connectivity index (χ2n) is 5.32. The predicted octanol–water partition coefficient (Wildman–Crippen LogP) is 1.45. The molecule has 25 heavy (non-hydrogen) atoms. The zero-order valence-electron chi connectivity index (χ0n) is 13.5. The molecule has 0 saturated carbocycles. The van der Waals surface area contributed by atoms with Gasteiger partial charge in [0.1, 0.15) is 0 Å². The van der Waals surface area contributed by atoms with Gasteiger partial charge in [-0.05, 0) is 19.3 Å². The van der Waals surface area contributed by atoms with Crippen molar-refractivity contribution in [2.45, 2.75) is 63.0 Å². The molecule has 1 unspecified atom stereocenters. The molecule has 0 aliphatic rings. The number of rotatable bonds is 14. The summed E-state index contributed by atoms with van der Waals surface area (Å²) in [7, 11) is -4.81. The monoisotopic (exact) mass is 388 g/mol. The molecule has 1 atom stereocenters. The molecule has 10 heteroatoms. The molecule has 0 aromatic heterocycles. The van der Waals surface area contributed by atoms with Crippen molar-refractivity contribution in [3.8, 4) is 0 Å². The van der Waals surface area contributed by atoms with Crippen molar-refractivity contribution in [3.05, 3.63) is 12.7 Å². The van der Waals surface area contributed by atoms with E-state index in [9.17, 15) is 22.8 Å². The van der Waals surface area contributed by atoms with E-state index >= 15 is 0 Å². The molecule has 0 aliphatic heterocycles. The van der Waals surface area contributed by atoms with E-state index < -0.39 is 39.7 Å². The third-order valence-corrected chi connectivity index (χ3v) is 4.72. The molecule has 0 bridgehead atoms. The second-order valence-corrected chi connectivity index (χ2v) is 7.04. The average Bonchev–Trinajstić information content (AvgIpc) is 2.46. The summed E-state index contributed by atoms with van der Waals surface area (Å²) in [4.78, 5) is 32.8. The number of aliphatic carboxylic acids is 2. The molecular formula is C15H25NaO8S. The van der Waals surface area contributed by atoms with Gasteiger partial charge in [0.15, 0.2) is 0 Å². The summed E-state index contributed by atoms with van der Waals surface area (Å²) in [6, 6.07) is 0. The van der Waals surface area contributed by atoms with E-state index in [0.29, 0.717) is 6.42 Å². The maximum atomic E-state index is 11.7. The average molecular weight is 388 g/mol. The standard InChI is InChI=1S/C15H24O8S.Na.H/c1-2-3-4-5-6-7-8-9-10-14(18)23-24(21,22)12(15(19)20)11-13(16)17;;/h2,12H,1,3-11H2,(H,16,17)(H,19,20);;. The van der Waals surface area contributed by atoms with Crippen LogP contribution in [0.15, 0.2) is 12.7 Å². The number of carbonyl (C=O) groups is 3. The summed E-state index contributed by atoms with van der Waals surface area (Å²) >= 11 is 0. The van der Waals surface area contributed by atoms with Crippen LogP contribution in [0.1, 0.15) is 57.8 Å². The van der Waals surface area contributed by atoms with Gasteiger partial charge in [-0.3, -0.25) is 14.4 Å². The Bertz CT molecular complexity index is 544. The molecule has 0 aromatic carbocycles. The third-order valence-electron chi connectivity index (χ3n) is 3.23. The van der Waals surface area contributed by atoms with Crippen LogP contribution in [0.5, 0.6) is 0 Å². The van der Waals surface area contributed by atoms with Crippen molar-refractivity contribution in [1.29, 1.82) is 0 Å². The predicted molar refractivity (Wildman–Crippen MR) is 93.0 cm³/mol. The van der Waals surface area contributed by atoms with Gasteiger partial charge in [0.25, 0.3) is 0 Å². The molecule has 0 fully saturated rings. The summed E-state index contributed by atoms with van der Waals surface area (Å²) in [5.41, 5.74) is 0. The normalized spacial score (nSPS) is 11.8. The fourth-order valence-electron chi connectivity index (χ4n) is 1.97. The molecule has 140 valence electrons. The second kappa shape index (κ2) is 14.3. The van der Waals surface area contributed by atoms with Gasteiger partial charge < -0.3 is 14.4 Å². The minimum atomic E-state index is -4.81. The van der Waals surface area contributed by atoms with Crippen LogP contribution in [0.2, 0.25) is 0 Å². The van der Waals surface area contributed by atoms with Crippen molar-refractivity contribution >= 4 is 57.6 Å². The Hall–Kier alpha value is -0.900. The topological polar surface area (TPSA) is 135 Å². The quantitative estimate of drug-likeness (QED) is 0.197. The van der Waals surface area contributed by atoms with Crippen LogP contribution >= 0.6 is 0 Å². The summed E-state index contributed by atoms with van der Waals surface area (Å²) in [5, 5.41) is 15.0. The van der Waals surface area contributed by atoms with E-state index in [-0.39, 0.29) is 36.0 Å². The first kappa shape index (κ1) is 26.3. The maximum absolute atomic E-state index is 11.7. The van der Waals surface area contributed by atoms with Gasteiger partial charge in [0, 0.05) is 6.42 Å². The van der Waals surface area contributed by atoms with Crippen molar-refractivity contribution in [2.24, 2.45) is 0 Å². The molecule has 0 rings (SSSR count). The Morgan fingerprint density at radius 2 is 1.52 bits per heavy atom. The van der Waals surface area contributed by atoms with E-state index in [1.54, 1.807) is 0 Å². The molecular weight excluding hydrogens is 363 g/mol. The number of hydrogen-bond donors (Lipinski definition) is 2. The number of carboxylic acids is 2. The van der Waals surface area contributed by atoms with Gasteiger partial charge in [-0.2, -0.15) is 8.42 Å². The van der Waals surface area contributed by atoms with Crippen LogP contribution in [-0.2, 0) is 28.7 Å². The van der Waals surface area contributed by atoms with Crippen molar-refractivity contribution in [3.63, 3.8) is 0 Å². The van der Waals surface area contributed by atoms with Crippen molar-refractivity contribution in [2.75, 3.05) is 0 Å². The van der Waals surface area contributed by atoms with Gasteiger partial charge in [-0.25, -0.2) is 0 Å². The molecule has 0 amide bonds. The van der Waals surface area contributed by atoms with E-state index in [1.807, 2.05) is 6.08 Å². The Labute approximate surface area is 170 Å². The number of allylic oxidation sites excluding steroid dienone is 1. The Kier molecular flexibility index (Phi) is 15.0. The molecule has 2 N–H and O–H groups in total. The summed E-state index contributed by atoms with van der Waals surface area (Å²) in [6.07, 6.45) is 6.64. The van der Waals surface area contributed by atoms with Crippen LogP contribution in [-0.4, -0.2) is 71.3 Å². The van der Waals surface area contributed by atoms with E-state index in [0.717, 1.165) is 38.5 Å². The number of carboxylic acid groups (broad SMARTS) is 2. The molecule has 0 heterocycles. The SMILES string of the molecule is C=CCCCCCCCCC(=O)OS(=O)(=O)C(CC(=O)O)C(=O)O.[NaH]. The molecule has 8 nitrogen and oxygen atoms in total. The fourth-order valence-corrected chi connectivity index (χ4v) is 3.02. The first-order valence-corrected chi connectivity index (χ1v) is 9.19. The van der Waals surface area contributed by atoms with E-state index in [4.69, 9.17) is 10.2 Å². The van der Waals surface area contributed by atoms with Crippen LogP contribution in [0.25, 0.3) is 0 Å². The van der Waals surface area contributed by atoms with Gasteiger partial charge in [0.2, 0.25) is 5.25 Å². The first-order valence-electron chi connectivity index (χ1n) is 7.72. The fraction of sp³-hybridized carbons (Fsp3) is 0.667. The van der Waals surface area contributed by atoms with E-state index in [1.165, 1.54) is 0 Å². The zero-order valence-corrected chi connectivity index (χ0v) is 14.3. The first-order chi connectivity index (χ1) is 11.2. The van der Waals surface area contributed by atoms with Crippen LogP contribution < -0.4 is 0 Å². The van der Waals surface area contributed by atoms with E-state index in [2.05, 4.69) is 10.8 Å². The van der Waals surface area contributed by atoms with Crippen LogP contribution in [0.3, 0.4) is 0 Å². The minimum absolute atomic E-state index is 0. The summed E-state index contributed by atoms with van der Waals surface area (Å²) < 4.78 is 27.5. The molecule has 0 radical (unpaired) electrons. The Balaban J connectivity index is 0. The van der Waals surface area contributed by atoms with Crippen LogP contribution in [0.4, 0.5) is 0 Å². The molecule has 0 aromatic rings. The zero-order chi connectivity index (χ0) is 18.6. The van der Waals surface area contributed by atoms with Crippen molar-refractivity contribution in [1.82, 2.24) is 0 Å². The summed E-state index contributed by atoms with van der Waals surface area (Å²) in [6.45, 7) is 3.63. The molecule has 0 saturated heterocycles. The Morgan fingerprint density at radius 1 is 1.00 bits per heavy atom. The van der Waals surface area contributed by atoms with Gasteiger partial charge in [-0.15, -0.1) is 6.58 Å². The number of hydrogen-bond acceptors (Lipinski definition) is 6. The van der Waals surface area contributed by atoms with Gasteiger partial charge in [0.05, 0.1) is 6.42 Å². The number of carbonyl (C=O) groups excluding carboxylic acids is 1. The number of unbranched alkanes of at least 4 members (excludes halogenated alkanes) is 6. The van der Waals surface area contributed by atoms with Gasteiger partial charge >= 0.3 is 57.6 Å².